The van der Waals surface area contributed by atoms with Crippen LogP contribution in [-0.2, 0) is 4.74 Å². The lowest BCUT2D eigenvalue weighted by molar-refractivity contribution is 0.0476. The molecule has 0 spiro atoms. The molecule has 0 saturated heterocycles. The summed E-state index contributed by atoms with van der Waals surface area (Å²) in [6, 6.07) is 7.69. The second kappa shape index (κ2) is 13.6. The molecule has 9 heteroatoms. The van der Waals surface area contributed by atoms with Crippen LogP contribution in [0.4, 0.5) is 4.79 Å². The summed E-state index contributed by atoms with van der Waals surface area (Å²) < 4.78 is 10.9. The van der Waals surface area contributed by atoms with E-state index in [1.807, 2.05) is 72.7 Å². The smallest absolute Gasteiger partial charge is 0.408 e. The highest BCUT2D eigenvalue weighted by molar-refractivity contribution is 14.0. The fourth-order valence-electron chi connectivity index (χ4n) is 2.41. The number of nitrogens with zero attached hydrogens (tertiary/aromatic N) is 1. The van der Waals surface area contributed by atoms with E-state index in [-0.39, 0.29) is 37.1 Å². The summed E-state index contributed by atoms with van der Waals surface area (Å²) in [5, 5.41) is 19.3. The highest BCUT2D eigenvalue weighted by Crippen LogP contribution is 2.12. The minimum atomic E-state index is -0.706. The van der Waals surface area contributed by atoms with E-state index in [0.29, 0.717) is 19.0 Å². The number of carbonyl (C=O) groups excluding carboxylic acids is 1. The Balaban J connectivity index is 0.00000900. The number of benzene rings is 1. The first-order valence-corrected chi connectivity index (χ1v) is 10.3. The van der Waals surface area contributed by atoms with Crippen LogP contribution >= 0.6 is 24.0 Å². The third-order valence-corrected chi connectivity index (χ3v) is 3.75. The Kier molecular flexibility index (Phi) is 12.8. The Labute approximate surface area is 203 Å². The Morgan fingerprint density at radius 2 is 1.87 bits per heavy atom. The molecule has 1 atom stereocenters. The SMILES string of the molecule is CCNC(=NCC(C)(C)NC(=O)OC(C)(C)C)NCC(O)COc1cccc(C)c1.I. The molecule has 0 fully saturated rings. The van der Waals surface area contributed by atoms with Gasteiger partial charge in [0, 0.05) is 13.1 Å². The number of aliphatic hydroxyl groups excluding tert-OH is 1. The number of guanidine groups is 1. The van der Waals surface area contributed by atoms with Gasteiger partial charge in [0.15, 0.2) is 5.96 Å². The van der Waals surface area contributed by atoms with E-state index in [9.17, 15) is 9.90 Å². The first-order valence-electron chi connectivity index (χ1n) is 10.3. The molecule has 1 rings (SSSR count). The van der Waals surface area contributed by atoms with Crippen molar-refractivity contribution in [2.75, 3.05) is 26.2 Å². The summed E-state index contributed by atoms with van der Waals surface area (Å²) in [7, 11) is 0. The minimum Gasteiger partial charge on any atom is -0.491 e. The van der Waals surface area contributed by atoms with Crippen molar-refractivity contribution >= 4 is 36.0 Å². The van der Waals surface area contributed by atoms with Gasteiger partial charge in [0.1, 0.15) is 24.1 Å². The molecule has 178 valence electrons. The normalized spacial score (nSPS) is 13.0. The van der Waals surface area contributed by atoms with E-state index in [0.717, 1.165) is 11.3 Å². The number of aryl methyl sites for hydroxylation is 1. The fourth-order valence-corrected chi connectivity index (χ4v) is 2.41. The molecule has 1 aromatic carbocycles. The zero-order chi connectivity index (χ0) is 22.8. The Hall–Kier alpha value is -1.75. The van der Waals surface area contributed by atoms with Crippen LogP contribution in [0, 0.1) is 6.92 Å². The molecule has 1 amide bonds. The van der Waals surface area contributed by atoms with Crippen molar-refractivity contribution in [1.82, 2.24) is 16.0 Å². The molecule has 1 aromatic rings. The minimum absolute atomic E-state index is 0. The summed E-state index contributed by atoms with van der Waals surface area (Å²) in [4.78, 5) is 16.5. The van der Waals surface area contributed by atoms with E-state index < -0.39 is 23.3 Å². The summed E-state index contributed by atoms with van der Waals surface area (Å²) in [5.41, 5.74) is -0.0574. The maximum absolute atomic E-state index is 12.0. The lowest BCUT2D eigenvalue weighted by Gasteiger charge is -2.27. The van der Waals surface area contributed by atoms with Crippen LogP contribution in [0.1, 0.15) is 47.1 Å². The third kappa shape index (κ3) is 14.0. The van der Waals surface area contributed by atoms with Crippen LogP contribution in [0.2, 0.25) is 0 Å². The number of hydrogen-bond donors (Lipinski definition) is 4. The van der Waals surface area contributed by atoms with Gasteiger partial charge < -0.3 is 30.5 Å². The zero-order valence-corrected chi connectivity index (χ0v) is 22.1. The maximum atomic E-state index is 12.0. The van der Waals surface area contributed by atoms with Gasteiger partial charge in [-0.05, 0) is 66.2 Å². The monoisotopic (exact) mass is 550 g/mol. The molecule has 4 N–H and O–H groups in total. The molecule has 0 radical (unpaired) electrons. The van der Waals surface area contributed by atoms with E-state index in [4.69, 9.17) is 9.47 Å². The average Bonchev–Trinajstić information content (AvgIpc) is 2.60. The first kappa shape index (κ1) is 29.2. The van der Waals surface area contributed by atoms with Crippen molar-refractivity contribution in [3.8, 4) is 5.75 Å². The standard InChI is InChI=1S/C22H38N4O4.HI/c1-8-23-19(25-15-22(6,7)26-20(28)30-21(3,4)5)24-13-17(27)14-29-18-11-9-10-16(2)12-18;/h9-12,17,27H,8,13-15H2,1-7H3,(H,26,28)(H2,23,24,25);1H. The number of alkyl carbamates (subject to hydrolysis) is 1. The Bertz CT molecular complexity index is 705. The number of carbonyl (C=O) groups is 1. The zero-order valence-electron chi connectivity index (χ0n) is 19.7. The quantitative estimate of drug-likeness (QED) is 0.214. The van der Waals surface area contributed by atoms with Crippen molar-refractivity contribution < 1.29 is 19.4 Å². The molecule has 0 aliphatic carbocycles. The van der Waals surface area contributed by atoms with Crippen molar-refractivity contribution in [1.29, 1.82) is 0 Å². The Morgan fingerprint density at radius 3 is 2.45 bits per heavy atom. The summed E-state index contributed by atoms with van der Waals surface area (Å²) in [6.45, 7) is 14.6. The molecule has 8 nitrogen and oxygen atoms in total. The van der Waals surface area contributed by atoms with Gasteiger partial charge in [-0.25, -0.2) is 4.79 Å². The van der Waals surface area contributed by atoms with Gasteiger partial charge in [-0.15, -0.1) is 24.0 Å². The largest absolute Gasteiger partial charge is 0.491 e. The van der Waals surface area contributed by atoms with E-state index in [1.54, 1.807) is 0 Å². The molecule has 0 heterocycles. The van der Waals surface area contributed by atoms with E-state index in [2.05, 4.69) is 20.9 Å². The summed E-state index contributed by atoms with van der Waals surface area (Å²) in [6.07, 6.45) is -1.19. The summed E-state index contributed by atoms with van der Waals surface area (Å²) in [5.74, 6) is 1.27. The number of ether oxygens (including phenoxy) is 2. The van der Waals surface area contributed by atoms with Crippen LogP contribution in [0.5, 0.6) is 5.75 Å². The molecule has 0 aliphatic heterocycles. The number of halogens is 1. The number of amides is 1. The highest BCUT2D eigenvalue weighted by atomic mass is 127. The molecular weight excluding hydrogens is 511 g/mol. The van der Waals surface area contributed by atoms with Crippen LogP contribution in [0.25, 0.3) is 0 Å². The average molecular weight is 550 g/mol. The number of aliphatic imine (C=N–C) groups is 1. The van der Waals surface area contributed by atoms with Gasteiger partial charge in [0.2, 0.25) is 0 Å². The predicted molar refractivity (Wildman–Crippen MR) is 136 cm³/mol. The second-order valence-corrected chi connectivity index (χ2v) is 8.87. The van der Waals surface area contributed by atoms with Gasteiger partial charge in [0.05, 0.1) is 12.1 Å². The summed E-state index contributed by atoms with van der Waals surface area (Å²) >= 11 is 0. The highest BCUT2D eigenvalue weighted by Gasteiger charge is 2.24. The lowest BCUT2D eigenvalue weighted by Crippen LogP contribution is -2.49. The van der Waals surface area contributed by atoms with Crippen LogP contribution < -0.4 is 20.7 Å². The van der Waals surface area contributed by atoms with Crippen molar-refractivity contribution in [3.63, 3.8) is 0 Å². The van der Waals surface area contributed by atoms with Gasteiger partial charge in [0.25, 0.3) is 0 Å². The van der Waals surface area contributed by atoms with Crippen LogP contribution in [0.3, 0.4) is 0 Å². The van der Waals surface area contributed by atoms with E-state index >= 15 is 0 Å². The van der Waals surface area contributed by atoms with E-state index in [1.165, 1.54) is 0 Å². The number of rotatable bonds is 9. The van der Waals surface area contributed by atoms with Gasteiger partial charge >= 0.3 is 6.09 Å². The number of hydrogen-bond acceptors (Lipinski definition) is 5. The molecule has 0 aromatic heterocycles. The van der Waals surface area contributed by atoms with Crippen molar-refractivity contribution in [2.45, 2.75) is 65.7 Å². The lowest BCUT2D eigenvalue weighted by atomic mass is 10.1. The number of aliphatic hydroxyl groups is 1. The Morgan fingerprint density at radius 1 is 1.19 bits per heavy atom. The maximum Gasteiger partial charge on any atom is 0.408 e. The van der Waals surface area contributed by atoms with Gasteiger partial charge in [-0.2, -0.15) is 0 Å². The van der Waals surface area contributed by atoms with Gasteiger partial charge in [-0.3, -0.25) is 4.99 Å². The molecule has 0 aliphatic rings. The van der Waals surface area contributed by atoms with Crippen molar-refractivity contribution in [2.24, 2.45) is 4.99 Å². The second-order valence-electron chi connectivity index (χ2n) is 8.87. The third-order valence-electron chi connectivity index (χ3n) is 3.75. The van der Waals surface area contributed by atoms with Crippen molar-refractivity contribution in [3.05, 3.63) is 29.8 Å². The molecule has 1 unspecified atom stereocenters. The predicted octanol–water partition coefficient (Wildman–Crippen LogP) is 3.21. The fraction of sp³-hybridized carbons (Fsp3) is 0.636. The number of nitrogens with one attached hydrogen (secondary N) is 3. The molecule has 0 bridgehead atoms. The molecular formula is C22H39IN4O4. The van der Waals surface area contributed by atoms with Crippen LogP contribution in [-0.4, -0.2) is 60.6 Å². The molecule has 31 heavy (non-hydrogen) atoms. The van der Waals surface area contributed by atoms with Gasteiger partial charge in [-0.1, -0.05) is 12.1 Å². The first-order chi connectivity index (χ1) is 13.9. The van der Waals surface area contributed by atoms with Crippen LogP contribution in [0.15, 0.2) is 29.3 Å². The molecule has 0 saturated carbocycles. The topological polar surface area (TPSA) is 104 Å².